The Kier molecular flexibility index (Phi) is 4.37. The molecule has 0 aliphatic heterocycles. The number of amides is 1. The van der Waals surface area contributed by atoms with Crippen LogP contribution in [0.5, 0.6) is 0 Å². The first-order chi connectivity index (χ1) is 9.86. The van der Waals surface area contributed by atoms with Gasteiger partial charge in [-0.05, 0) is 30.5 Å². The molecule has 0 bridgehead atoms. The molecule has 0 aliphatic rings. The van der Waals surface area contributed by atoms with Crippen LogP contribution in [0, 0.1) is 6.92 Å². The number of hydrogen-bond donors (Lipinski definition) is 2. The third kappa shape index (κ3) is 3.66. The molecule has 0 atom stereocenters. The minimum absolute atomic E-state index is 0.0220. The molecule has 0 saturated carbocycles. The lowest BCUT2D eigenvalue weighted by Crippen LogP contribution is -2.16. The van der Waals surface area contributed by atoms with Crippen LogP contribution in [-0.2, 0) is 0 Å². The summed E-state index contributed by atoms with van der Waals surface area (Å²) < 4.78 is 0. The second-order valence-electron chi connectivity index (χ2n) is 5.03. The van der Waals surface area contributed by atoms with Gasteiger partial charge in [-0.3, -0.25) is 4.79 Å². The van der Waals surface area contributed by atoms with Crippen molar-refractivity contribution in [2.75, 3.05) is 5.32 Å². The van der Waals surface area contributed by atoms with Gasteiger partial charge in [-0.25, -0.2) is 4.98 Å². The van der Waals surface area contributed by atoms with Gasteiger partial charge in [0.15, 0.2) is 10.8 Å². The summed E-state index contributed by atoms with van der Waals surface area (Å²) in [6.07, 6.45) is 0. The molecule has 21 heavy (non-hydrogen) atoms. The zero-order valence-electron chi connectivity index (χ0n) is 12.0. The summed E-state index contributed by atoms with van der Waals surface area (Å²) in [7, 11) is 0. The fraction of sp³-hybridized carbons (Fsp3) is 0.286. The van der Waals surface area contributed by atoms with Crippen molar-refractivity contribution in [2.24, 2.45) is 5.73 Å². The third-order valence-electron chi connectivity index (χ3n) is 2.84. The Balaban J connectivity index is 2.42. The van der Waals surface area contributed by atoms with Gasteiger partial charge in [0, 0.05) is 11.8 Å². The number of hydrogen-bond acceptors (Lipinski definition) is 5. The molecule has 0 unspecified atom stereocenters. The number of nitrogens with one attached hydrogen (secondary N) is 1. The summed E-state index contributed by atoms with van der Waals surface area (Å²) in [5.41, 5.74) is 7.70. The van der Waals surface area contributed by atoms with E-state index in [1.165, 1.54) is 6.07 Å². The molecule has 2 rings (SSSR count). The van der Waals surface area contributed by atoms with Crippen molar-refractivity contribution in [1.29, 1.82) is 0 Å². The average molecular weight is 306 g/mol. The van der Waals surface area contributed by atoms with E-state index in [0.717, 1.165) is 11.3 Å². The van der Waals surface area contributed by atoms with Crippen LogP contribution in [0.15, 0.2) is 18.2 Å². The molecule has 7 heteroatoms. The van der Waals surface area contributed by atoms with E-state index in [1.807, 2.05) is 19.1 Å². The zero-order valence-corrected chi connectivity index (χ0v) is 12.8. The van der Waals surface area contributed by atoms with Gasteiger partial charge in [-0.15, -0.1) is 10.2 Å². The zero-order chi connectivity index (χ0) is 15.6. The quantitative estimate of drug-likeness (QED) is 0.906. The van der Waals surface area contributed by atoms with Crippen molar-refractivity contribution in [3.63, 3.8) is 0 Å². The maximum absolute atomic E-state index is 11.4. The topological polar surface area (TPSA) is 93.8 Å². The summed E-state index contributed by atoms with van der Waals surface area (Å²) in [4.78, 5) is 15.9. The Morgan fingerprint density at radius 3 is 2.62 bits per heavy atom. The van der Waals surface area contributed by atoms with Crippen molar-refractivity contribution in [3.05, 3.63) is 40.3 Å². The summed E-state index contributed by atoms with van der Waals surface area (Å²) in [5, 5.41) is 10.5. The van der Waals surface area contributed by atoms with Crippen LogP contribution in [0.4, 0.5) is 11.5 Å². The maximum Gasteiger partial charge on any atom is 0.271 e. The Labute approximate surface area is 127 Å². The van der Waals surface area contributed by atoms with Crippen LogP contribution in [0.3, 0.4) is 0 Å². The van der Waals surface area contributed by atoms with Crippen molar-refractivity contribution in [2.45, 2.75) is 26.7 Å². The van der Waals surface area contributed by atoms with E-state index in [0.29, 0.717) is 17.4 Å². The predicted molar refractivity (Wildman–Crippen MR) is 81.9 cm³/mol. The summed E-state index contributed by atoms with van der Waals surface area (Å²) in [6.45, 7) is 6.10. The van der Waals surface area contributed by atoms with Crippen LogP contribution >= 0.6 is 11.6 Å². The maximum atomic E-state index is 11.4. The summed E-state index contributed by atoms with van der Waals surface area (Å²) >= 11 is 5.81. The van der Waals surface area contributed by atoms with Gasteiger partial charge < -0.3 is 11.1 Å². The van der Waals surface area contributed by atoms with Gasteiger partial charge >= 0.3 is 0 Å². The average Bonchev–Trinajstić information content (AvgIpc) is 2.37. The number of aromatic nitrogens is 3. The van der Waals surface area contributed by atoms with Crippen molar-refractivity contribution in [1.82, 2.24) is 15.2 Å². The lowest BCUT2D eigenvalue weighted by Gasteiger charge is -2.12. The largest absolute Gasteiger partial charge is 0.364 e. The SMILES string of the molecule is Cc1cc(Nc2cc(Cl)nnc2C(N)=O)nc(C(C)C)c1. The molecule has 2 heterocycles. The van der Waals surface area contributed by atoms with Crippen LogP contribution in [0.1, 0.15) is 41.5 Å². The van der Waals surface area contributed by atoms with Crippen molar-refractivity contribution in [3.8, 4) is 0 Å². The number of rotatable bonds is 4. The first-order valence-electron chi connectivity index (χ1n) is 6.45. The van der Waals surface area contributed by atoms with Crippen LogP contribution in [0.2, 0.25) is 5.15 Å². The second kappa shape index (κ2) is 6.05. The van der Waals surface area contributed by atoms with Crippen molar-refractivity contribution >= 4 is 29.0 Å². The van der Waals surface area contributed by atoms with E-state index >= 15 is 0 Å². The highest BCUT2D eigenvalue weighted by molar-refractivity contribution is 6.29. The third-order valence-corrected chi connectivity index (χ3v) is 3.03. The van der Waals surface area contributed by atoms with Gasteiger partial charge in [0.05, 0.1) is 5.69 Å². The Bertz CT molecular complexity index is 687. The Morgan fingerprint density at radius 1 is 1.29 bits per heavy atom. The molecule has 1 amide bonds. The van der Waals surface area contributed by atoms with Crippen LogP contribution < -0.4 is 11.1 Å². The standard InChI is InChI=1S/C14H16ClN5O/c1-7(2)9-4-8(3)5-12(17-9)18-10-6-11(15)19-20-13(10)14(16)21/h4-7H,1-3H3,(H2,16,21)(H,17,18,19). The van der Waals surface area contributed by atoms with E-state index in [4.69, 9.17) is 17.3 Å². The Hall–Kier alpha value is -2.21. The lowest BCUT2D eigenvalue weighted by molar-refractivity contribution is 0.0995. The number of nitrogens with two attached hydrogens (primary N) is 1. The molecule has 6 nitrogen and oxygen atoms in total. The van der Waals surface area contributed by atoms with Gasteiger partial charge in [-0.1, -0.05) is 25.4 Å². The van der Waals surface area contributed by atoms with E-state index in [-0.39, 0.29) is 10.8 Å². The molecule has 0 saturated heterocycles. The predicted octanol–water partition coefficient (Wildman–Crippen LogP) is 2.80. The smallest absolute Gasteiger partial charge is 0.271 e. The highest BCUT2D eigenvalue weighted by Crippen LogP contribution is 2.23. The monoisotopic (exact) mass is 305 g/mol. The van der Waals surface area contributed by atoms with Gasteiger partial charge in [-0.2, -0.15) is 0 Å². The normalized spacial score (nSPS) is 10.7. The summed E-state index contributed by atoms with van der Waals surface area (Å²) in [6, 6.07) is 5.38. The number of carbonyl (C=O) groups excluding carboxylic acids is 1. The molecule has 0 fully saturated rings. The number of primary amides is 1. The fourth-order valence-corrected chi connectivity index (χ4v) is 1.98. The molecule has 0 radical (unpaired) electrons. The Morgan fingerprint density at radius 2 is 2.00 bits per heavy atom. The molecule has 110 valence electrons. The van der Waals surface area contributed by atoms with E-state index < -0.39 is 5.91 Å². The number of nitrogens with zero attached hydrogens (tertiary/aromatic N) is 3. The molecule has 2 aromatic rings. The minimum Gasteiger partial charge on any atom is -0.364 e. The molecule has 0 spiro atoms. The van der Waals surface area contributed by atoms with Crippen LogP contribution in [-0.4, -0.2) is 21.1 Å². The van der Waals surface area contributed by atoms with Gasteiger partial charge in [0.2, 0.25) is 0 Å². The number of halogens is 1. The molecule has 0 aromatic carbocycles. The molecule has 0 aliphatic carbocycles. The molecule has 3 N–H and O–H groups in total. The highest BCUT2D eigenvalue weighted by atomic mass is 35.5. The molecule has 2 aromatic heterocycles. The second-order valence-corrected chi connectivity index (χ2v) is 5.42. The number of aryl methyl sites for hydroxylation is 1. The number of anilines is 2. The number of carbonyl (C=O) groups is 1. The number of pyridine rings is 1. The van der Waals surface area contributed by atoms with E-state index in [9.17, 15) is 4.79 Å². The fourth-order valence-electron chi connectivity index (χ4n) is 1.84. The van der Waals surface area contributed by atoms with Crippen LogP contribution in [0.25, 0.3) is 0 Å². The molecular formula is C14H16ClN5O. The first kappa shape index (κ1) is 15.2. The van der Waals surface area contributed by atoms with Gasteiger partial charge in [0.1, 0.15) is 5.82 Å². The van der Waals surface area contributed by atoms with E-state index in [2.05, 4.69) is 34.3 Å². The van der Waals surface area contributed by atoms with E-state index in [1.54, 1.807) is 0 Å². The summed E-state index contributed by atoms with van der Waals surface area (Å²) in [5.74, 6) is 0.212. The van der Waals surface area contributed by atoms with Gasteiger partial charge in [0.25, 0.3) is 5.91 Å². The van der Waals surface area contributed by atoms with Crippen molar-refractivity contribution < 1.29 is 4.79 Å². The first-order valence-corrected chi connectivity index (χ1v) is 6.83. The molecular weight excluding hydrogens is 290 g/mol. The lowest BCUT2D eigenvalue weighted by atomic mass is 10.1. The highest BCUT2D eigenvalue weighted by Gasteiger charge is 2.13. The minimum atomic E-state index is -0.682.